The van der Waals surface area contributed by atoms with Crippen LogP contribution in [0.15, 0.2) is 29.2 Å². The van der Waals surface area contributed by atoms with Crippen LogP contribution in [0.1, 0.15) is 12.8 Å². The van der Waals surface area contributed by atoms with E-state index in [-0.39, 0.29) is 12.0 Å². The van der Waals surface area contributed by atoms with Gasteiger partial charge in [0.1, 0.15) is 6.67 Å². The summed E-state index contributed by atoms with van der Waals surface area (Å²) in [5.74, 6) is 0.182. The summed E-state index contributed by atoms with van der Waals surface area (Å²) in [5, 5.41) is 9.07. The second-order valence-electron chi connectivity index (χ2n) is 7.62. The number of halogens is 1. The van der Waals surface area contributed by atoms with Gasteiger partial charge < -0.3 is 14.9 Å². The third-order valence-corrected chi connectivity index (χ3v) is 7.05. The summed E-state index contributed by atoms with van der Waals surface area (Å²) in [4.78, 5) is 17.1. The summed E-state index contributed by atoms with van der Waals surface area (Å²) in [6.45, 7) is 3.52. The molecule has 9 heteroatoms. The zero-order valence-corrected chi connectivity index (χ0v) is 16.9. The first-order valence-corrected chi connectivity index (χ1v) is 11.5. The maximum atomic E-state index is 13.8. The molecule has 28 heavy (non-hydrogen) atoms. The lowest BCUT2D eigenvalue weighted by Gasteiger charge is -2.43. The number of hydrogen-bond donors (Lipinski definition) is 1. The molecule has 1 aromatic carbocycles. The van der Waals surface area contributed by atoms with Crippen LogP contribution in [0.5, 0.6) is 0 Å². The monoisotopic (exact) mass is 413 g/mol. The highest BCUT2D eigenvalue weighted by atomic mass is 32.2. The topological polar surface area (TPSA) is 81.2 Å². The molecule has 1 atom stereocenters. The van der Waals surface area contributed by atoms with Gasteiger partial charge in [0.2, 0.25) is 0 Å². The fraction of sp³-hybridized carbons (Fsp3) is 0.632. The predicted molar refractivity (Wildman–Crippen MR) is 105 cm³/mol. The molecule has 2 heterocycles. The highest BCUT2D eigenvalue weighted by Crippen LogP contribution is 2.27. The number of benzene rings is 1. The number of nitrogens with zero attached hydrogens (tertiary/aromatic N) is 3. The van der Waals surface area contributed by atoms with Crippen molar-refractivity contribution >= 4 is 21.6 Å². The van der Waals surface area contributed by atoms with Gasteiger partial charge in [0.05, 0.1) is 4.90 Å². The van der Waals surface area contributed by atoms with Crippen LogP contribution in [0.3, 0.4) is 0 Å². The molecule has 1 unspecified atom stereocenters. The lowest BCUT2D eigenvalue weighted by atomic mass is 9.88. The van der Waals surface area contributed by atoms with E-state index in [1.54, 1.807) is 12.1 Å². The molecule has 1 N–H and O–H groups in total. The van der Waals surface area contributed by atoms with E-state index in [0.29, 0.717) is 30.8 Å². The van der Waals surface area contributed by atoms with Gasteiger partial charge in [-0.15, -0.1) is 0 Å². The number of alkyl halides is 1. The Morgan fingerprint density at radius 1 is 1.11 bits per heavy atom. The Morgan fingerprint density at radius 3 is 2.14 bits per heavy atom. The number of carboxylic acid groups (broad SMARTS) is 1. The Kier molecular flexibility index (Phi) is 6.44. The van der Waals surface area contributed by atoms with E-state index in [2.05, 4.69) is 9.80 Å². The summed E-state index contributed by atoms with van der Waals surface area (Å²) in [6.07, 6.45) is 1.70. The zero-order chi connectivity index (χ0) is 20.3. The number of piperidine rings is 1. The van der Waals surface area contributed by atoms with E-state index < -0.39 is 22.6 Å². The number of likely N-dealkylation sites (tertiary alicyclic amines) is 1. The largest absolute Gasteiger partial charge is 0.465 e. The SMILES string of the molecule is CS(=O)(=O)c1ccc(N2CCN(C(CF)C3CCN(C(=O)O)CC3)CC2)cc1. The third-order valence-electron chi connectivity index (χ3n) is 5.93. The average Bonchev–Trinajstić information content (AvgIpc) is 2.69. The number of anilines is 1. The Morgan fingerprint density at radius 2 is 1.68 bits per heavy atom. The summed E-state index contributed by atoms with van der Waals surface area (Å²) >= 11 is 0. The molecule has 7 nitrogen and oxygen atoms in total. The summed E-state index contributed by atoms with van der Waals surface area (Å²) < 4.78 is 37.0. The van der Waals surface area contributed by atoms with Gasteiger partial charge in [0.25, 0.3) is 0 Å². The summed E-state index contributed by atoms with van der Waals surface area (Å²) in [6, 6.07) is 6.72. The van der Waals surface area contributed by atoms with Gasteiger partial charge in [-0.2, -0.15) is 0 Å². The van der Waals surface area contributed by atoms with E-state index in [1.807, 2.05) is 12.1 Å². The van der Waals surface area contributed by atoms with Crippen molar-refractivity contribution in [2.75, 3.05) is 57.1 Å². The maximum absolute atomic E-state index is 13.8. The third kappa shape index (κ3) is 4.75. The van der Waals surface area contributed by atoms with E-state index in [9.17, 15) is 17.6 Å². The standard InChI is InChI=1S/C19H28FN3O4S/c1-28(26,27)17-4-2-16(3-5-17)21-10-12-22(13-11-21)18(14-20)15-6-8-23(9-7-15)19(24)25/h2-5,15,18H,6-14H2,1H3,(H,24,25). The highest BCUT2D eigenvalue weighted by Gasteiger charge is 2.33. The molecule has 0 aliphatic carbocycles. The Labute approximate surface area is 165 Å². The average molecular weight is 414 g/mol. The summed E-state index contributed by atoms with van der Waals surface area (Å²) in [5.41, 5.74) is 0.971. The number of piperazine rings is 1. The normalized spacial score (nSPS) is 20.9. The molecule has 1 amide bonds. The quantitative estimate of drug-likeness (QED) is 0.795. The van der Waals surface area contributed by atoms with Crippen molar-refractivity contribution in [3.63, 3.8) is 0 Å². The van der Waals surface area contributed by atoms with Gasteiger partial charge >= 0.3 is 6.09 Å². The van der Waals surface area contributed by atoms with Crippen LogP contribution in [0.4, 0.5) is 14.9 Å². The van der Waals surface area contributed by atoms with Crippen LogP contribution >= 0.6 is 0 Å². The smallest absolute Gasteiger partial charge is 0.407 e. The van der Waals surface area contributed by atoms with Crippen LogP contribution < -0.4 is 4.90 Å². The Hall–Kier alpha value is -1.87. The molecule has 0 radical (unpaired) electrons. The molecule has 2 fully saturated rings. The van der Waals surface area contributed by atoms with Crippen molar-refractivity contribution in [3.8, 4) is 0 Å². The molecule has 0 bridgehead atoms. The Balaban J connectivity index is 1.56. The molecule has 1 aromatic rings. The molecule has 2 saturated heterocycles. The van der Waals surface area contributed by atoms with Crippen molar-refractivity contribution in [2.45, 2.75) is 23.8 Å². The minimum Gasteiger partial charge on any atom is -0.465 e. The lowest BCUT2D eigenvalue weighted by Crippen LogP contribution is -2.54. The van der Waals surface area contributed by atoms with Crippen molar-refractivity contribution in [2.24, 2.45) is 5.92 Å². The van der Waals surface area contributed by atoms with E-state index >= 15 is 0 Å². The molecule has 2 aliphatic heterocycles. The van der Waals surface area contributed by atoms with Crippen molar-refractivity contribution < 1.29 is 22.7 Å². The van der Waals surface area contributed by atoms with Gasteiger partial charge in [0, 0.05) is 57.3 Å². The van der Waals surface area contributed by atoms with Gasteiger partial charge in [0.15, 0.2) is 9.84 Å². The van der Waals surface area contributed by atoms with Crippen LogP contribution in [0.25, 0.3) is 0 Å². The van der Waals surface area contributed by atoms with Crippen LogP contribution in [0, 0.1) is 5.92 Å². The van der Waals surface area contributed by atoms with Gasteiger partial charge in [-0.05, 0) is 43.0 Å². The fourth-order valence-corrected chi connectivity index (χ4v) is 4.84. The zero-order valence-electron chi connectivity index (χ0n) is 16.1. The van der Waals surface area contributed by atoms with Crippen molar-refractivity contribution in [1.29, 1.82) is 0 Å². The minimum absolute atomic E-state index is 0.161. The first-order chi connectivity index (χ1) is 13.3. The molecule has 0 aromatic heterocycles. The second kappa shape index (κ2) is 8.65. The predicted octanol–water partition coefficient (Wildman–Crippen LogP) is 1.94. The van der Waals surface area contributed by atoms with E-state index in [1.165, 1.54) is 11.2 Å². The van der Waals surface area contributed by atoms with Gasteiger partial charge in [-0.25, -0.2) is 17.6 Å². The fourth-order valence-electron chi connectivity index (χ4n) is 4.21. The number of sulfone groups is 1. The first-order valence-electron chi connectivity index (χ1n) is 9.62. The molecule has 0 saturated carbocycles. The molecular formula is C19H28FN3O4S. The van der Waals surface area contributed by atoms with Gasteiger partial charge in [-0.3, -0.25) is 4.90 Å². The van der Waals surface area contributed by atoms with Crippen LogP contribution in [-0.2, 0) is 9.84 Å². The molecule has 2 aliphatic rings. The molecular weight excluding hydrogens is 385 g/mol. The molecule has 3 rings (SSSR count). The van der Waals surface area contributed by atoms with Crippen LogP contribution in [-0.4, -0.2) is 87.7 Å². The number of amides is 1. The Bertz CT molecular complexity index is 771. The van der Waals surface area contributed by atoms with Crippen molar-refractivity contribution in [1.82, 2.24) is 9.80 Å². The van der Waals surface area contributed by atoms with Crippen LogP contribution in [0.2, 0.25) is 0 Å². The summed E-state index contributed by atoms with van der Waals surface area (Å²) in [7, 11) is -3.20. The first kappa shape index (κ1) is 20.9. The van der Waals surface area contributed by atoms with E-state index in [0.717, 1.165) is 31.9 Å². The molecule has 0 spiro atoms. The number of rotatable bonds is 5. The van der Waals surface area contributed by atoms with Gasteiger partial charge in [-0.1, -0.05) is 0 Å². The highest BCUT2D eigenvalue weighted by molar-refractivity contribution is 7.90. The number of carbonyl (C=O) groups is 1. The maximum Gasteiger partial charge on any atom is 0.407 e. The second-order valence-corrected chi connectivity index (χ2v) is 9.63. The lowest BCUT2D eigenvalue weighted by molar-refractivity contribution is 0.0647. The minimum atomic E-state index is -3.20. The van der Waals surface area contributed by atoms with Crippen molar-refractivity contribution in [3.05, 3.63) is 24.3 Å². The van der Waals surface area contributed by atoms with E-state index in [4.69, 9.17) is 5.11 Å². The molecule has 156 valence electrons. The number of hydrogen-bond acceptors (Lipinski definition) is 5.